The first-order valence-corrected chi connectivity index (χ1v) is 11.9. The first-order valence-electron chi connectivity index (χ1n) is 11.9. The van der Waals surface area contributed by atoms with E-state index < -0.39 is 0 Å². The van der Waals surface area contributed by atoms with E-state index in [0.29, 0.717) is 11.8 Å². The zero-order valence-electron chi connectivity index (χ0n) is 19.3. The number of aryl methyl sites for hydroxylation is 1. The molecule has 3 aromatic rings. The molecular formula is C28H35N2O2+. The van der Waals surface area contributed by atoms with Crippen LogP contribution in [0.4, 0.5) is 0 Å². The Labute approximate surface area is 191 Å². The molecule has 1 heterocycles. The van der Waals surface area contributed by atoms with Gasteiger partial charge < -0.3 is 14.6 Å². The smallest absolute Gasteiger partial charge is 0.287 e. The summed E-state index contributed by atoms with van der Waals surface area (Å²) < 4.78 is 6.03. The minimum atomic E-state index is -0.162. The van der Waals surface area contributed by atoms with Crippen LogP contribution in [0.2, 0.25) is 0 Å². The number of amides is 1. The summed E-state index contributed by atoms with van der Waals surface area (Å²) >= 11 is 0. The number of nitrogens with one attached hydrogen (secondary N) is 2. The average molecular weight is 432 g/mol. The van der Waals surface area contributed by atoms with Gasteiger partial charge in [0.15, 0.2) is 11.5 Å². The average Bonchev–Trinajstić information content (AvgIpc) is 3.29. The normalized spacial score (nSPS) is 16.4. The Balaban J connectivity index is 1.44. The summed E-state index contributed by atoms with van der Waals surface area (Å²) in [6.45, 7) is 5.94. The Bertz CT molecular complexity index is 1010. The third-order valence-electron chi connectivity index (χ3n) is 6.63. The van der Waals surface area contributed by atoms with E-state index in [9.17, 15) is 4.79 Å². The largest absolute Gasteiger partial charge is 0.450 e. The first-order chi connectivity index (χ1) is 15.6. The van der Waals surface area contributed by atoms with E-state index in [4.69, 9.17) is 4.42 Å². The molecule has 1 amide bonds. The predicted octanol–water partition coefficient (Wildman–Crippen LogP) is 5.00. The fraction of sp³-hybridized carbons (Fsp3) is 0.393. The summed E-state index contributed by atoms with van der Waals surface area (Å²) in [6.07, 6.45) is 6.50. The maximum Gasteiger partial charge on any atom is 0.287 e. The van der Waals surface area contributed by atoms with Gasteiger partial charge in [-0.05, 0) is 57.2 Å². The molecule has 1 fully saturated rings. The first kappa shape index (κ1) is 22.3. The molecule has 4 heteroatoms. The van der Waals surface area contributed by atoms with Gasteiger partial charge in [-0.3, -0.25) is 4.79 Å². The summed E-state index contributed by atoms with van der Waals surface area (Å²) in [4.78, 5) is 14.3. The predicted molar refractivity (Wildman–Crippen MR) is 127 cm³/mol. The summed E-state index contributed by atoms with van der Waals surface area (Å²) in [5.41, 5.74) is 3.75. The van der Waals surface area contributed by atoms with Crippen LogP contribution in [0.15, 0.2) is 71.1 Å². The lowest BCUT2D eigenvalue weighted by atomic mass is 9.93. The third-order valence-corrected chi connectivity index (χ3v) is 6.63. The summed E-state index contributed by atoms with van der Waals surface area (Å²) in [5, 5.41) is 3.05. The quantitative estimate of drug-likeness (QED) is 0.527. The van der Waals surface area contributed by atoms with Crippen LogP contribution in [0.1, 0.15) is 78.1 Å². The van der Waals surface area contributed by atoms with E-state index in [-0.39, 0.29) is 11.9 Å². The molecule has 2 N–H and O–H groups in total. The maximum atomic E-state index is 12.7. The second-order valence-electron chi connectivity index (χ2n) is 9.21. The van der Waals surface area contributed by atoms with Crippen molar-refractivity contribution in [3.8, 4) is 0 Å². The van der Waals surface area contributed by atoms with Crippen molar-refractivity contribution < 1.29 is 14.1 Å². The van der Waals surface area contributed by atoms with Gasteiger partial charge in [0.05, 0.1) is 12.1 Å². The highest BCUT2D eigenvalue weighted by Gasteiger charge is 2.26. The van der Waals surface area contributed by atoms with Crippen LogP contribution in [-0.4, -0.2) is 11.9 Å². The zero-order chi connectivity index (χ0) is 22.3. The molecule has 1 aliphatic rings. The highest BCUT2D eigenvalue weighted by molar-refractivity contribution is 5.91. The zero-order valence-corrected chi connectivity index (χ0v) is 19.3. The van der Waals surface area contributed by atoms with Crippen molar-refractivity contribution in [1.29, 1.82) is 0 Å². The highest BCUT2D eigenvalue weighted by atomic mass is 16.4. The number of hydrogen-bond acceptors (Lipinski definition) is 2. The van der Waals surface area contributed by atoms with E-state index in [1.54, 1.807) is 0 Å². The van der Waals surface area contributed by atoms with Crippen LogP contribution in [-0.2, 0) is 13.1 Å². The van der Waals surface area contributed by atoms with Crippen LogP contribution in [0.25, 0.3) is 0 Å². The molecule has 1 saturated carbocycles. The van der Waals surface area contributed by atoms with Gasteiger partial charge in [0.2, 0.25) is 0 Å². The standard InChI is InChI=1S/C28H34N2O2/c1-21-10-9-11-23(18-21)19-30(25-14-7-4-8-15-25)20-26-16-17-27(32-26)28(31)29-22(2)24-12-5-3-6-13-24/h3,5-6,9-13,16-18,22,25H,4,7-8,14-15,19-20H2,1-2H3,(H,29,31)/p+1/t22-/m0/s1. The number of carbonyl (C=O) groups is 1. The van der Waals surface area contributed by atoms with Gasteiger partial charge >= 0.3 is 0 Å². The third kappa shape index (κ3) is 5.89. The molecule has 1 aromatic heterocycles. The molecule has 1 aliphatic carbocycles. The van der Waals surface area contributed by atoms with Gasteiger partial charge in [-0.25, -0.2) is 0 Å². The van der Waals surface area contributed by atoms with Crippen LogP contribution < -0.4 is 10.2 Å². The van der Waals surface area contributed by atoms with Crippen molar-refractivity contribution in [3.05, 3.63) is 94.9 Å². The molecule has 0 saturated heterocycles. The van der Waals surface area contributed by atoms with Gasteiger partial charge in [-0.2, -0.15) is 0 Å². The van der Waals surface area contributed by atoms with Crippen molar-refractivity contribution in [2.45, 2.75) is 71.1 Å². The minimum absolute atomic E-state index is 0.0667. The van der Waals surface area contributed by atoms with Crippen molar-refractivity contribution in [2.75, 3.05) is 0 Å². The Morgan fingerprint density at radius 2 is 1.78 bits per heavy atom. The second-order valence-corrected chi connectivity index (χ2v) is 9.21. The van der Waals surface area contributed by atoms with Gasteiger partial charge in [-0.15, -0.1) is 0 Å². The monoisotopic (exact) mass is 431 g/mol. The van der Waals surface area contributed by atoms with Gasteiger partial charge in [-0.1, -0.05) is 66.6 Å². The van der Waals surface area contributed by atoms with E-state index in [1.807, 2.05) is 49.4 Å². The SMILES string of the molecule is Cc1cccc(C[NH+](Cc2ccc(C(=O)N[C@@H](C)c3ccccc3)o2)C2CCCCC2)c1. The van der Waals surface area contributed by atoms with Gasteiger partial charge in [0.25, 0.3) is 5.91 Å². The Morgan fingerprint density at radius 3 is 2.53 bits per heavy atom. The molecule has 0 bridgehead atoms. The van der Waals surface area contributed by atoms with Crippen LogP contribution >= 0.6 is 0 Å². The lowest BCUT2D eigenvalue weighted by Gasteiger charge is -2.31. The second kappa shape index (κ2) is 10.6. The maximum absolute atomic E-state index is 12.7. The van der Waals surface area contributed by atoms with Crippen molar-refractivity contribution in [1.82, 2.24) is 5.32 Å². The van der Waals surface area contributed by atoms with Gasteiger partial charge in [0, 0.05) is 5.56 Å². The number of carbonyl (C=O) groups excluding carboxylic acids is 1. The summed E-state index contributed by atoms with van der Waals surface area (Å²) in [7, 11) is 0. The molecular weight excluding hydrogens is 396 g/mol. The summed E-state index contributed by atoms with van der Waals surface area (Å²) in [5.74, 6) is 1.11. The van der Waals surface area contributed by atoms with E-state index in [1.165, 1.54) is 48.1 Å². The molecule has 4 nitrogen and oxygen atoms in total. The van der Waals surface area contributed by atoms with E-state index in [0.717, 1.165) is 24.4 Å². The Kier molecular flexibility index (Phi) is 7.43. The number of furan rings is 1. The number of benzene rings is 2. The van der Waals surface area contributed by atoms with Crippen molar-refractivity contribution >= 4 is 5.91 Å². The Morgan fingerprint density at radius 1 is 1.00 bits per heavy atom. The molecule has 2 atom stereocenters. The fourth-order valence-electron chi connectivity index (χ4n) is 4.86. The fourth-order valence-corrected chi connectivity index (χ4v) is 4.86. The molecule has 2 aromatic carbocycles. The molecule has 168 valence electrons. The number of rotatable bonds is 8. The molecule has 0 aliphatic heterocycles. The molecule has 4 rings (SSSR count). The van der Waals surface area contributed by atoms with Crippen LogP contribution in [0.5, 0.6) is 0 Å². The van der Waals surface area contributed by atoms with Crippen LogP contribution in [0, 0.1) is 6.92 Å². The molecule has 1 unspecified atom stereocenters. The summed E-state index contributed by atoms with van der Waals surface area (Å²) in [6, 6.07) is 23.2. The lowest BCUT2D eigenvalue weighted by Crippen LogP contribution is -3.13. The lowest BCUT2D eigenvalue weighted by molar-refractivity contribution is -0.954. The molecule has 0 spiro atoms. The van der Waals surface area contributed by atoms with Crippen molar-refractivity contribution in [3.63, 3.8) is 0 Å². The topological polar surface area (TPSA) is 46.7 Å². The van der Waals surface area contributed by atoms with Gasteiger partial charge in [0.1, 0.15) is 13.1 Å². The highest BCUT2D eigenvalue weighted by Crippen LogP contribution is 2.18. The minimum Gasteiger partial charge on any atom is -0.450 e. The number of quaternary nitrogens is 1. The van der Waals surface area contributed by atoms with Crippen molar-refractivity contribution in [2.24, 2.45) is 0 Å². The van der Waals surface area contributed by atoms with E-state index >= 15 is 0 Å². The number of hydrogen-bond donors (Lipinski definition) is 2. The Hall–Kier alpha value is -2.85. The molecule has 32 heavy (non-hydrogen) atoms. The van der Waals surface area contributed by atoms with E-state index in [2.05, 4.69) is 36.5 Å². The van der Waals surface area contributed by atoms with Crippen LogP contribution in [0.3, 0.4) is 0 Å². The molecule has 0 radical (unpaired) electrons.